The van der Waals surface area contributed by atoms with Crippen molar-refractivity contribution in [3.05, 3.63) is 34.3 Å². The summed E-state index contributed by atoms with van der Waals surface area (Å²) in [6, 6.07) is 4.25. The molecular weight excluding hydrogens is 298 g/mol. The average Bonchev–Trinajstić information content (AvgIpc) is 3.07. The van der Waals surface area contributed by atoms with Gasteiger partial charge in [-0.05, 0) is 25.4 Å². The van der Waals surface area contributed by atoms with Crippen molar-refractivity contribution in [3.8, 4) is 0 Å². The summed E-state index contributed by atoms with van der Waals surface area (Å²) in [6.07, 6.45) is 1.67. The molecule has 2 aromatic heterocycles. The predicted octanol–water partition coefficient (Wildman–Crippen LogP) is 1.15. The number of thiophene rings is 1. The number of nitrogens with zero attached hydrogens (tertiary/aromatic N) is 3. The summed E-state index contributed by atoms with van der Waals surface area (Å²) in [4.78, 5) is 13.0. The Morgan fingerprint density at radius 3 is 3.00 bits per heavy atom. The molecule has 0 spiro atoms. The number of likely N-dealkylation sites (N-methyl/N-ethyl adjacent to an activating group) is 1. The third kappa shape index (κ3) is 4.59. The Kier molecular flexibility index (Phi) is 6.63. The van der Waals surface area contributed by atoms with Gasteiger partial charge in [-0.15, -0.1) is 28.8 Å². The molecule has 0 bridgehead atoms. The number of carbonyl (C=O) groups excluding carboxylic acids is 1. The lowest BCUT2D eigenvalue weighted by atomic mass is 10.3. The van der Waals surface area contributed by atoms with E-state index in [0.717, 1.165) is 0 Å². The molecule has 8 heteroatoms. The van der Waals surface area contributed by atoms with E-state index in [4.69, 9.17) is 0 Å². The molecule has 2 N–H and O–H groups in total. The first-order chi connectivity index (χ1) is 9.19. The molecule has 0 fully saturated rings. The van der Waals surface area contributed by atoms with Crippen molar-refractivity contribution in [1.29, 1.82) is 0 Å². The van der Waals surface area contributed by atoms with Crippen LogP contribution in [0.25, 0.3) is 0 Å². The van der Waals surface area contributed by atoms with Crippen LogP contribution >= 0.6 is 23.7 Å². The van der Waals surface area contributed by atoms with Crippen molar-refractivity contribution < 1.29 is 4.79 Å². The van der Waals surface area contributed by atoms with Crippen LogP contribution in [0.4, 0.5) is 0 Å². The Balaban J connectivity index is 0.00000200. The van der Waals surface area contributed by atoms with Gasteiger partial charge in [0, 0.05) is 17.5 Å². The number of amides is 1. The third-order valence-electron chi connectivity index (χ3n) is 2.73. The fourth-order valence-electron chi connectivity index (χ4n) is 1.48. The number of carbonyl (C=O) groups is 1. The van der Waals surface area contributed by atoms with E-state index >= 15 is 0 Å². The normalized spacial score (nSPS) is 11.7. The van der Waals surface area contributed by atoms with Gasteiger partial charge >= 0.3 is 0 Å². The Labute approximate surface area is 128 Å². The van der Waals surface area contributed by atoms with Crippen LogP contribution in [0.5, 0.6) is 0 Å². The van der Waals surface area contributed by atoms with Gasteiger partial charge < -0.3 is 10.6 Å². The lowest BCUT2D eigenvalue weighted by Gasteiger charge is -2.09. The van der Waals surface area contributed by atoms with Crippen LogP contribution in [0.3, 0.4) is 0 Å². The SMILES string of the molecule is CNC(C)CNC(=O)c1cn(Cc2cccs2)nn1.Cl. The van der Waals surface area contributed by atoms with E-state index in [1.165, 1.54) is 4.88 Å². The zero-order chi connectivity index (χ0) is 13.7. The minimum absolute atomic E-state index is 0. The molecule has 1 unspecified atom stereocenters. The zero-order valence-electron chi connectivity index (χ0n) is 11.4. The Bertz CT molecular complexity index is 528. The number of rotatable bonds is 6. The second-order valence-electron chi connectivity index (χ2n) is 4.28. The van der Waals surface area contributed by atoms with Crippen LogP contribution in [0.15, 0.2) is 23.7 Å². The van der Waals surface area contributed by atoms with Crippen LogP contribution in [0, 0.1) is 0 Å². The van der Waals surface area contributed by atoms with Gasteiger partial charge in [0.25, 0.3) is 5.91 Å². The van der Waals surface area contributed by atoms with Crippen LogP contribution in [-0.2, 0) is 6.54 Å². The highest BCUT2D eigenvalue weighted by Gasteiger charge is 2.11. The van der Waals surface area contributed by atoms with Crippen LogP contribution in [0.1, 0.15) is 22.3 Å². The minimum atomic E-state index is -0.195. The Morgan fingerprint density at radius 1 is 1.55 bits per heavy atom. The summed E-state index contributed by atoms with van der Waals surface area (Å²) in [5.41, 5.74) is 0.347. The summed E-state index contributed by atoms with van der Waals surface area (Å²) in [5, 5.41) is 15.7. The van der Waals surface area contributed by atoms with E-state index in [2.05, 4.69) is 20.9 Å². The predicted molar refractivity (Wildman–Crippen MR) is 81.5 cm³/mol. The lowest BCUT2D eigenvalue weighted by Crippen LogP contribution is -2.37. The minimum Gasteiger partial charge on any atom is -0.349 e. The van der Waals surface area contributed by atoms with E-state index in [1.54, 1.807) is 22.2 Å². The topological polar surface area (TPSA) is 71.8 Å². The summed E-state index contributed by atoms with van der Waals surface area (Å²) < 4.78 is 1.67. The second-order valence-corrected chi connectivity index (χ2v) is 5.31. The third-order valence-corrected chi connectivity index (χ3v) is 3.59. The van der Waals surface area contributed by atoms with Crippen molar-refractivity contribution in [2.24, 2.45) is 0 Å². The van der Waals surface area contributed by atoms with E-state index in [-0.39, 0.29) is 24.4 Å². The Morgan fingerprint density at radius 2 is 2.35 bits per heavy atom. The van der Waals surface area contributed by atoms with Crippen molar-refractivity contribution >= 4 is 29.7 Å². The number of nitrogens with one attached hydrogen (secondary N) is 2. The maximum atomic E-state index is 11.8. The van der Waals surface area contributed by atoms with Gasteiger partial charge in [0.1, 0.15) is 0 Å². The van der Waals surface area contributed by atoms with Crippen molar-refractivity contribution in [1.82, 2.24) is 25.6 Å². The van der Waals surface area contributed by atoms with Crippen LogP contribution in [0.2, 0.25) is 0 Å². The first-order valence-corrected chi connectivity index (χ1v) is 6.95. The standard InChI is InChI=1S/C12H17N5OS.ClH/c1-9(13-2)6-14-12(18)11-8-17(16-15-11)7-10-4-3-5-19-10;/h3-5,8-9,13H,6-7H2,1-2H3,(H,14,18);1H. The van der Waals surface area contributed by atoms with Crippen LogP contribution in [-0.4, -0.2) is 40.5 Å². The first-order valence-electron chi connectivity index (χ1n) is 6.07. The molecule has 1 amide bonds. The van der Waals surface area contributed by atoms with Crippen molar-refractivity contribution in [3.63, 3.8) is 0 Å². The molecule has 0 saturated heterocycles. The number of hydrogen-bond donors (Lipinski definition) is 2. The van der Waals surface area contributed by atoms with E-state index in [9.17, 15) is 4.79 Å². The molecule has 6 nitrogen and oxygen atoms in total. The molecular formula is C12H18ClN5OS. The average molecular weight is 316 g/mol. The van der Waals surface area contributed by atoms with Gasteiger partial charge in [-0.2, -0.15) is 0 Å². The number of aromatic nitrogens is 3. The van der Waals surface area contributed by atoms with Gasteiger partial charge in [-0.25, -0.2) is 4.68 Å². The summed E-state index contributed by atoms with van der Waals surface area (Å²) in [6.45, 7) is 3.20. The first kappa shape index (κ1) is 16.6. The van der Waals surface area contributed by atoms with Gasteiger partial charge in [-0.3, -0.25) is 4.79 Å². The highest BCUT2D eigenvalue weighted by atomic mass is 35.5. The van der Waals surface area contributed by atoms with Gasteiger partial charge in [-0.1, -0.05) is 11.3 Å². The van der Waals surface area contributed by atoms with E-state index in [1.807, 2.05) is 31.5 Å². The van der Waals surface area contributed by atoms with Gasteiger partial charge in [0.05, 0.1) is 12.7 Å². The molecule has 2 heterocycles. The van der Waals surface area contributed by atoms with Crippen molar-refractivity contribution in [2.45, 2.75) is 19.5 Å². The van der Waals surface area contributed by atoms with Gasteiger partial charge in [0.15, 0.2) is 5.69 Å². The van der Waals surface area contributed by atoms with Crippen LogP contribution < -0.4 is 10.6 Å². The molecule has 110 valence electrons. The molecule has 0 saturated carbocycles. The van der Waals surface area contributed by atoms with E-state index < -0.39 is 0 Å². The van der Waals surface area contributed by atoms with E-state index in [0.29, 0.717) is 18.8 Å². The fourth-order valence-corrected chi connectivity index (χ4v) is 2.18. The maximum absolute atomic E-state index is 11.8. The largest absolute Gasteiger partial charge is 0.349 e. The molecule has 0 aromatic carbocycles. The number of halogens is 1. The summed E-state index contributed by atoms with van der Waals surface area (Å²) >= 11 is 1.66. The lowest BCUT2D eigenvalue weighted by molar-refractivity contribution is 0.0945. The summed E-state index contributed by atoms with van der Waals surface area (Å²) in [5.74, 6) is -0.195. The second kappa shape index (κ2) is 7.98. The molecule has 1 atom stereocenters. The Hall–Kier alpha value is -1.44. The molecule has 2 aromatic rings. The molecule has 0 aliphatic heterocycles. The molecule has 0 aliphatic carbocycles. The molecule has 2 rings (SSSR count). The van der Waals surface area contributed by atoms with Crippen molar-refractivity contribution in [2.75, 3.05) is 13.6 Å². The highest BCUT2D eigenvalue weighted by molar-refractivity contribution is 7.09. The monoisotopic (exact) mass is 315 g/mol. The molecule has 0 aliphatic rings. The molecule has 0 radical (unpaired) electrons. The fraction of sp³-hybridized carbons (Fsp3) is 0.417. The quantitative estimate of drug-likeness (QED) is 0.839. The maximum Gasteiger partial charge on any atom is 0.273 e. The van der Waals surface area contributed by atoms with Gasteiger partial charge in [0.2, 0.25) is 0 Å². The number of hydrogen-bond acceptors (Lipinski definition) is 5. The summed E-state index contributed by atoms with van der Waals surface area (Å²) in [7, 11) is 1.86. The zero-order valence-corrected chi connectivity index (χ0v) is 13.0. The highest BCUT2D eigenvalue weighted by Crippen LogP contribution is 2.09. The smallest absolute Gasteiger partial charge is 0.273 e. The molecule has 20 heavy (non-hydrogen) atoms.